The van der Waals surface area contributed by atoms with Gasteiger partial charge in [-0.3, -0.25) is 0 Å². The average molecular weight is 1580 g/mol. The van der Waals surface area contributed by atoms with Crippen molar-refractivity contribution in [2.45, 2.75) is 57.8 Å². The van der Waals surface area contributed by atoms with E-state index in [1.807, 2.05) is 36.4 Å². The van der Waals surface area contributed by atoms with E-state index in [9.17, 15) is 0 Å². The maximum atomic E-state index is 6.51. The van der Waals surface area contributed by atoms with Crippen LogP contribution >= 0.6 is 0 Å². The number of fused-ring (bicyclic) bond motifs is 21. The summed E-state index contributed by atoms with van der Waals surface area (Å²) in [5.74, 6) is 0. The Labute approximate surface area is 713 Å². The number of benzene rings is 18. The average Bonchev–Trinajstić information content (AvgIpc) is 1.59. The predicted molar refractivity (Wildman–Crippen MR) is 511 cm³/mol. The quantitative estimate of drug-likeness (QED) is 0.129. The van der Waals surface area contributed by atoms with E-state index in [1.54, 1.807) is 0 Å². The fraction of sp³-hybridized carbons (Fsp3) is 0.0769. The molecule has 6 nitrogen and oxygen atoms in total. The van der Waals surface area contributed by atoms with Crippen LogP contribution in [-0.2, 0) is 16.2 Å². The minimum atomic E-state index is -0.249. The van der Waals surface area contributed by atoms with E-state index in [-0.39, 0.29) is 16.2 Å². The molecular weight excluding hydrogens is 1500 g/mol. The van der Waals surface area contributed by atoms with E-state index in [4.69, 9.17) is 17.7 Å². The van der Waals surface area contributed by atoms with Crippen molar-refractivity contribution in [2.75, 3.05) is 9.80 Å². The highest BCUT2D eigenvalue weighted by Crippen LogP contribution is 2.57. The van der Waals surface area contributed by atoms with E-state index in [0.29, 0.717) is 0 Å². The molecule has 0 N–H and O–H groups in total. The Morgan fingerprint density at radius 3 is 0.732 bits per heavy atom. The molecule has 584 valence electrons. The van der Waals surface area contributed by atoms with Crippen molar-refractivity contribution in [3.05, 3.63) is 422 Å². The molecule has 0 amide bonds. The first-order valence-electron chi connectivity index (χ1n) is 42.7. The molecule has 0 radical (unpaired) electrons. The Morgan fingerprint density at radius 2 is 0.382 bits per heavy atom. The molecule has 4 heterocycles. The molecule has 3 aliphatic rings. The number of furan rings is 4. The Kier molecular flexibility index (Phi) is 16.0. The maximum Gasteiger partial charge on any atom is 0.143 e. The summed E-state index contributed by atoms with van der Waals surface area (Å²) < 4.78 is 25.8. The summed E-state index contributed by atoms with van der Waals surface area (Å²) in [4.78, 5) is 4.82. The summed E-state index contributed by atoms with van der Waals surface area (Å²) in [5, 5.41) is 9.13. The normalized spacial score (nSPS) is 13.6. The van der Waals surface area contributed by atoms with Gasteiger partial charge in [0, 0.05) is 116 Å². The van der Waals surface area contributed by atoms with Crippen LogP contribution < -0.4 is 9.80 Å². The molecular formula is C117H82N2O4. The number of nitrogens with zero attached hydrogens (tertiary/aromatic N) is 2. The van der Waals surface area contributed by atoms with Crippen LogP contribution in [0.5, 0.6) is 0 Å². The van der Waals surface area contributed by atoms with E-state index in [1.165, 1.54) is 72.3 Å². The highest BCUT2D eigenvalue weighted by molar-refractivity contribution is 6.13. The lowest BCUT2D eigenvalue weighted by Crippen LogP contribution is -2.18. The fourth-order valence-corrected chi connectivity index (χ4v) is 20.7. The molecule has 0 saturated carbocycles. The molecule has 123 heavy (non-hydrogen) atoms. The van der Waals surface area contributed by atoms with E-state index in [2.05, 4.69) is 403 Å². The smallest absolute Gasteiger partial charge is 0.143 e. The van der Waals surface area contributed by atoms with Crippen LogP contribution in [0.2, 0.25) is 0 Å². The van der Waals surface area contributed by atoms with E-state index < -0.39 is 0 Å². The van der Waals surface area contributed by atoms with Gasteiger partial charge < -0.3 is 27.5 Å². The zero-order valence-electron chi connectivity index (χ0n) is 69.0. The van der Waals surface area contributed by atoms with Crippen molar-refractivity contribution >= 4 is 122 Å². The van der Waals surface area contributed by atoms with Crippen LogP contribution in [0.3, 0.4) is 0 Å². The molecule has 22 aromatic rings. The van der Waals surface area contributed by atoms with Crippen LogP contribution in [0, 0.1) is 0 Å². The first kappa shape index (κ1) is 71.8. The number of hydrogen-bond acceptors (Lipinski definition) is 6. The van der Waals surface area contributed by atoms with Gasteiger partial charge in [0.25, 0.3) is 0 Å². The van der Waals surface area contributed by atoms with Crippen molar-refractivity contribution in [1.29, 1.82) is 0 Å². The van der Waals surface area contributed by atoms with Gasteiger partial charge in [0.05, 0.1) is 0 Å². The molecule has 0 unspecified atom stereocenters. The second-order valence-electron chi connectivity index (χ2n) is 34.9. The van der Waals surface area contributed by atoms with Crippen LogP contribution in [0.15, 0.2) is 406 Å². The lowest BCUT2D eigenvalue weighted by atomic mass is 9.81. The molecule has 0 bridgehead atoms. The van der Waals surface area contributed by atoms with Gasteiger partial charge in [-0.15, -0.1) is 0 Å². The summed E-state index contributed by atoms with van der Waals surface area (Å²) in [6, 6.07) is 141. The number of anilines is 6. The molecule has 0 spiro atoms. The Balaban J connectivity index is 0.000000139. The SMILES string of the molecule is CC1(C)c2ccccc2-c2ccc(N(c3ccc(-c4ccc(-c5cccc6c5oc5ccccc56)cc4)cc3)c3ccc(-c4cccc5c4oc4ccccc45)cc3)cc21.CC1(C)c2ccccc2-c2ccc(N(c3ccc(-c4cccc5c4oc4ccccc45)cc3)c3ccc4c(c3)C(C)(C)c3cc(-c5cccc6c5oc5ccccc56)ccc3-4)cc21. The van der Waals surface area contributed by atoms with Crippen molar-refractivity contribution in [1.82, 2.24) is 0 Å². The fourth-order valence-electron chi connectivity index (χ4n) is 20.7. The molecule has 4 aromatic heterocycles. The molecule has 0 aliphatic heterocycles. The second-order valence-corrected chi connectivity index (χ2v) is 34.9. The zero-order chi connectivity index (χ0) is 82.1. The largest absolute Gasteiger partial charge is 0.455 e. The Morgan fingerprint density at radius 1 is 0.163 bits per heavy atom. The van der Waals surface area contributed by atoms with Gasteiger partial charge in [-0.1, -0.05) is 327 Å². The monoisotopic (exact) mass is 1580 g/mol. The standard InChI is InChI=1S/C60H43NO2.C57H39NO2/c1-59(2)51-20-8-5-13-43(51)45-31-28-39(34-53(45)59)61(38-26-23-36(24-27-38)41-16-11-18-49-47-14-6-9-21-55(47)62-57(41)49)40-29-32-46-44-30-25-37(33-52(44)60(3,4)54(46)35-40)42-17-12-19-50-48-15-7-10-22-56(48)63-58(42)50;1-57(2)51-18-6-3-11-45(51)46-34-33-42(35-52(46)57)58(41-31-27-39(28-32-41)44-15-10-17-50-48-13-5-8-20-54(48)60-56(44)50)40-29-25-37(26-30-40)36-21-23-38(24-22-36)43-14-9-16-49-47-12-4-7-19-53(47)59-55(43)49/h5-35H,1-4H3;3-35H,1-2H3. The topological polar surface area (TPSA) is 59.0 Å². The highest BCUT2D eigenvalue weighted by atomic mass is 16.3. The molecule has 18 aromatic carbocycles. The summed E-state index contributed by atoms with van der Waals surface area (Å²) in [6.45, 7) is 14.2. The molecule has 0 fully saturated rings. The van der Waals surface area contributed by atoms with Crippen LogP contribution in [0.1, 0.15) is 74.9 Å². The molecule has 3 aliphatic carbocycles. The minimum Gasteiger partial charge on any atom is -0.455 e. The van der Waals surface area contributed by atoms with E-state index in [0.717, 1.165) is 172 Å². The van der Waals surface area contributed by atoms with Crippen molar-refractivity contribution in [3.8, 4) is 89.0 Å². The maximum absolute atomic E-state index is 6.51. The Bertz CT molecular complexity index is 8080. The molecule has 25 rings (SSSR count). The van der Waals surface area contributed by atoms with Gasteiger partial charge in [0.2, 0.25) is 0 Å². The first-order chi connectivity index (χ1) is 60.2. The summed E-state index contributed by atoms with van der Waals surface area (Å²) in [6.07, 6.45) is 0. The summed E-state index contributed by atoms with van der Waals surface area (Å²) in [7, 11) is 0. The highest BCUT2D eigenvalue weighted by Gasteiger charge is 2.40. The third-order valence-electron chi connectivity index (χ3n) is 27.0. The molecule has 6 heteroatoms. The molecule has 0 atom stereocenters. The lowest BCUT2D eigenvalue weighted by Gasteiger charge is -2.30. The van der Waals surface area contributed by atoms with Gasteiger partial charge in [-0.2, -0.15) is 0 Å². The first-order valence-corrected chi connectivity index (χ1v) is 42.7. The van der Waals surface area contributed by atoms with Crippen molar-refractivity contribution in [2.24, 2.45) is 0 Å². The Hall–Kier alpha value is -15.2. The van der Waals surface area contributed by atoms with E-state index >= 15 is 0 Å². The predicted octanol–water partition coefficient (Wildman–Crippen LogP) is 33.2. The zero-order valence-corrected chi connectivity index (χ0v) is 69.0. The second kappa shape index (κ2) is 27.4. The van der Waals surface area contributed by atoms with Gasteiger partial charge in [-0.05, 0) is 203 Å². The van der Waals surface area contributed by atoms with Gasteiger partial charge in [0.1, 0.15) is 44.7 Å². The molecule has 0 saturated heterocycles. The van der Waals surface area contributed by atoms with Crippen molar-refractivity contribution < 1.29 is 17.7 Å². The van der Waals surface area contributed by atoms with Crippen LogP contribution in [0.4, 0.5) is 34.1 Å². The lowest BCUT2D eigenvalue weighted by molar-refractivity contribution is 0.659. The number of rotatable bonds is 11. The number of hydrogen-bond donors (Lipinski definition) is 0. The number of para-hydroxylation sites is 8. The van der Waals surface area contributed by atoms with Gasteiger partial charge >= 0.3 is 0 Å². The van der Waals surface area contributed by atoms with Crippen molar-refractivity contribution in [3.63, 3.8) is 0 Å². The minimum absolute atomic E-state index is 0.116. The van der Waals surface area contributed by atoms with Crippen LogP contribution in [-0.4, -0.2) is 0 Å². The third-order valence-corrected chi connectivity index (χ3v) is 27.0. The van der Waals surface area contributed by atoms with Gasteiger partial charge in [-0.25, -0.2) is 0 Å². The van der Waals surface area contributed by atoms with Gasteiger partial charge in [0.15, 0.2) is 0 Å². The summed E-state index contributed by atoms with van der Waals surface area (Å²) in [5.41, 5.74) is 40.7. The third kappa shape index (κ3) is 11.2. The summed E-state index contributed by atoms with van der Waals surface area (Å²) >= 11 is 0. The van der Waals surface area contributed by atoms with Crippen LogP contribution in [0.25, 0.3) is 177 Å².